The normalized spacial score (nSPS) is 14.2. The molecule has 2 aromatic carbocycles. The highest BCUT2D eigenvalue weighted by atomic mass is 35.5. The number of hydrogen-bond acceptors (Lipinski definition) is 2. The first-order valence-corrected chi connectivity index (χ1v) is 8.88. The van der Waals surface area contributed by atoms with Gasteiger partial charge in [-0.2, -0.15) is 5.10 Å². The molecule has 0 unspecified atom stereocenters. The van der Waals surface area contributed by atoms with Crippen LogP contribution in [0.3, 0.4) is 0 Å². The third-order valence-electron chi connectivity index (χ3n) is 4.62. The molecule has 0 spiro atoms. The second-order valence-corrected chi connectivity index (χ2v) is 6.75. The van der Waals surface area contributed by atoms with Crippen molar-refractivity contribution in [3.05, 3.63) is 76.2 Å². The molecule has 3 nitrogen and oxygen atoms in total. The summed E-state index contributed by atoms with van der Waals surface area (Å²) < 4.78 is 15.2. The number of nitrogens with one attached hydrogen (secondary N) is 1. The van der Waals surface area contributed by atoms with Crippen molar-refractivity contribution in [3.63, 3.8) is 0 Å². The van der Waals surface area contributed by atoms with Crippen molar-refractivity contribution in [1.82, 2.24) is 15.1 Å². The minimum atomic E-state index is -0.214. The Morgan fingerprint density at radius 3 is 2.48 bits per heavy atom. The van der Waals surface area contributed by atoms with E-state index in [9.17, 15) is 4.39 Å². The summed E-state index contributed by atoms with van der Waals surface area (Å²) in [6.45, 7) is 2.55. The minimum Gasteiger partial charge on any atom is -0.316 e. The lowest BCUT2D eigenvalue weighted by Crippen LogP contribution is -2.17. The van der Waals surface area contributed by atoms with Crippen LogP contribution in [0.2, 0.25) is 5.02 Å². The van der Waals surface area contributed by atoms with Crippen LogP contribution in [-0.4, -0.2) is 22.9 Å². The molecule has 0 aliphatic carbocycles. The van der Waals surface area contributed by atoms with Gasteiger partial charge in [-0.25, -0.2) is 4.39 Å². The Kier molecular flexibility index (Phi) is 4.55. The van der Waals surface area contributed by atoms with Gasteiger partial charge >= 0.3 is 0 Å². The van der Waals surface area contributed by atoms with Gasteiger partial charge in [0.15, 0.2) is 0 Å². The van der Waals surface area contributed by atoms with E-state index in [0.717, 1.165) is 47.8 Å². The molecule has 1 N–H and O–H groups in total. The maximum absolute atomic E-state index is 13.2. The molecule has 1 aliphatic rings. The van der Waals surface area contributed by atoms with Crippen LogP contribution in [0.5, 0.6) is 0 Å². The van der Waals surface area contributed by atoms with Gasteiger partial charge in [0.05, 0.1) is 12.2 Å². The minimum absolute atomic E-state index is 0.214. The van der Waals surface area contributed by atoms with E-state index in [2.05, 4.69) is 10.00 Å². The van der Waals surface area contributed by atoms with Gasteiger partial charge in [0, 0.05) is 34.8 Å². The summed E-state index contributed by atoms with van der Waals surface area (Å²) in [7, 11) is 0. The first-order valence-electron chi connectivity index (χ1n) is 8.50. The lowest BCUT2D eigenvalue weighted by Gasteiger charge is -2.07. The number of aromatic nitrogens is 2. The summed E-state index contributed by atoms with van der Waals surface area (Å²) in [6.07, 6.45) is 1.90. The van der Waals surface area contributed by atoms with E-state index < -0.39 is 0 Å². The monoisotopic (exact) mass is 355 g/mol. The fraction of sp³-hybridized carbons (Fsp3) is 0.250. The molecule has 2 heterocycles. The topological polar surface area (TPSA) is 29.9 Å². The Labute approximate surface area is 151 Å². The van der Waals surface area contributed by atoms with Crippen LogP contribution in [0, 0.1) is 5.82 Å². The van der Waals surface area contributed by atoms with E-state index in [4.69, 9.17) is 16.7 Å². The number of nitrogens with zero attached hydrogens (tertiary/aromatic N) is 2. The lowest BCUT2D eigenvalue weighted by atomic mass is 10.0. The van der Waals surface area contributed by atoms with E-state index in [-0.39, 0.29) is 5.82 Å². The number of hydrogen-bond donors (Lipinski definition) is 1. The molecular weight excluding hydrogens is 337 g/mol. The van der Waals surface area contributed by atoms with Crippen molar-refractivity contribution in [2.24, 2.45) is 0 Å². The molecule has 5 heteroatoms. The molecule has 4 rings (SSSR count). The predicted molar refractivity (Wildman–Crippen MR) is 98.5 cm³/mol. The van der Waals surface area contributed by atoms with Crippen molar-refractivity contribution in [1.29, 1.82) is 0 Å². The molecule has 1 aromatic heterocycles. The second kappa shape index (κ2) is 6.98. The van der Waals surface area contributed by atoms with Crippen LogP contribution in [0.1, 0.15) is 16.8 Å². The van der Waals surface area contributed by atoms with E-state index in [0.29, 0.717) is 6.54 Å². The fourth-order valence-corrected chi connectivity index (χ4v) is 3.48. The Hall–Kier alpha value is -2.17. The van der Waals surface area contributed by atoms with Crippen LogP contribution in [-0.2, 0) is 19.4 Å². The molecule has 3 aromatic rings. The SMILES string of the molecule is Fc1ccc(Cn2nc(-c3ccc(Cl)cc3)c3c2CCNCC3)cc1. The van der Waals surface area contributed by atoms with Crippen LogP contribution in [0.25, 0.3) is 11.3 Å². The van der Waals surface area contributed by atoms with Crippen molar-refractivity contribution in [2.75, 3.05) is 13.1 Å². The zero-order chi connectivity index (χ0) is 17.2. The van der Waals surface area contributed by atoms with Gasteiger partial charge in [-0.1, -0.05) is 35.9 Å². The van der Waals surface area contributed by atoms with Crippen LogP contribution < -0.4 is 5.32 Å². The quantitative estimate of drug-likeness (QED) is 0.767. The second-order valence-electron chi connectivity index (χ2n) is 6.31. The summed E-state index contributed by atoms with van der Waals surface area (Å²) in [4.78, 5) is 0. The van der Waals surface area contributed by atoms with E-state index >= 15 is 0 Å². The average Bonchev–Trinajstić information content (AvgIpc) is 2.80. The van der Waals surface area contributed by atoms with E-state index in [1.54, 1.807) is 0 Å². The third kappa shape index (κ3) is 3.46. The van der Waals surface area contributed by atoms with Crippen LogP contribution in [0.15, 0.2) is 48.5 Å². The van der Waals surface area contributed by atoms with Crippen LogP contribution in [0.4, 0.5) is 4.39 Å². The molecule has 0 saturated carbocycles. The van der Waals surface area contributed by atoms with Gasteiger partial charge < -0.3 is 5.32 Å². The average molecular weight is 356 g/mol. The molecular formula is C20H19ClFN3. The largest absolute Gasteiger partial charge is 0.316 e. The summed E-state index contributed by atoms with van der Waals surface area (Å²) in [5.41, 5.74) is 5.72. The molecule has 0 saturated heterocycles. The first-order chi connectivity index (χ1) is 12.2. The molecule has 0 atom stereocenters. The summed E-state index contributed by atoms with van der Waals surface area (Å²) in [5.74, 6) is -0.214. The van der Waals surface area contributed by atoms with Crippen LogP contribution >= 0.6 is 11.6 Å². The smallest absolute Gasteiger partial charge is 0.123 e. The summed E-state index contributed by atoms with van der Waals surface area (Å²) in [5, 5.41) is 9.08. The molecule has 1 aliphatic heterocycles. The highest BCUT2D eigenvalue weighted by molar-refractivity contribution is 6.30. The molecule has 0 bridgehead atoms. The predicted octanol–water partition coefficient (Wildman–Crippen LogP) is 4.08. The number of rotatable bonds is 3. The molecule has 25 heavy (non-hydrogen) atoms. The molecule has 128 valence electrons. The highest BCUT2D eigenvalue weighted by Crippen LogP contribution is 2.29. The Morgan fingerprint density at radius 1 is 1.00 bits per heavy atom. The van der Waals surface area contributed by atoms with Gasteiger partial charge in [-0.05, 0) is 42.8 Å². The highest BCUT2D eigenvalue weighted by Gasteiger charge is 2.20. The Morgan fingerprint density at radius 2 is 1.72 bits per heavy atom. The Bertz CT molecular complexity index is 869. The number of halogens is 2. The van der Waals surface area contributed by atoms with Gasteiger partial charge in [0.25, 0.3) is 0 Å². The summed E-state index contributed by atoms with van der Waals surface area (Å²) >= 11 is 6.03. The third-order valence-corrected chi connectivity index (χ3v) is 4.87. The fourth-order valence-electron chi connectivity index (χ4n) is 3.35. The van der Waals surface area contributed by atoms with Gasteiger partial charge in [-0.15, -0.1) is 0 Å². The molecule has 0 amide bonds. The van der Waals surface area contributed by atoms with Crippen molar-refractivity contribution in [2.45, 2.75) is 19.4 Å². The van der Waals surface area contributed by atoms with Crippen molar-refractivity contribution < 1.29 is 4.39 Å². The first kappa shape index (κ1) is 16.3. The van der Waals surface area contributed by atoms with E-state index in [1.165, 1.54) is 23.4 Å². The zero-order valence-corrected chi connectivity index (χ0v) is 14.6. The Balaban J connectivity index is 1.76. The lowest BCUT2D eigenvalue weighted by molar-refractivity contribution is 0.616. The van der Waals surface area contributed by atoms with Gasteiger partial charge in [-0.3, -0.25) is 4.68 Å². The van der Waals surface area contributed by atoms with Gasteiger partial charge in [0.2, 0.25) is 0 Å². The van der Waals surface area contributed by atoms with Gasteiger partial charge in [0.1, 0.15) is 5.82 Å². The maximum Gasteiger partial charge on any atom is 0.123 e. The molecule has 0 radical (unpaired) electrons. The van der Waals surface area contributed by atoms with Crippen molar-refractivity contribution >= 4 is 11.6 Å². The molecule has 0 fully saturated rings. The van der Waals surface area contributed by atoms with Crippen molar-refractivity contribution in [3.8, 4) is 11.3 Å². The standard InChI is InChI=1S/C20H19ClFN3/c21-16-5-3-15(4-6-16)20-18-9-11-23-12-10-19(18)25(24-20)13-14-1-7-17(22)8-2-14/h1-8,23H,9-13H2. The van der Waals surface area contributed by atoms with E-state index in [1.807, 2.05) is 36.4 Å². The number of benzene rings is 2. The number of fused-ring (bicyclic) bond motifs is 1. The zero-order valence-electron chi connectivity index (χ0n) is 13.8. The maximum atomic E-state index is 13.2. The summed E-state index contributed by atoms with van der Waals surface area (Å²) in [6, 6.07) is 14.5.